The minimum Gasteiger partial charge on any atom is -0.382 e. The van der Waals surface area contributed by atoms with Crippen LogP contribution in [-0.4, -0.2) is 94.8 Å². The van der Waals surface area contributed by atoms with Crippen molar-refractivity contribution in [2.24, 2.45) is 0 Å². The summed E-state index contributed by atoms with van der Waals surface area (Å²) in [4.78, 5) is 81.6. The molecule has 446 valence electrons. The molecule has 2 aliphatic rings. The number of hydrogen-bond acceptors (Lipinski definition) is 10. The molecule has 2 N–H and O–H groups in total. The first-order valence-electron chi connectivity index (χ1n) is 29.8. The maximum Gasteiger partial charge on any atom is 0.341 e. The molecule has 2 fully saturated rings. The Labute approximate surface area is 510 Å². The van der Waals surface area contributed by atoms with Crippen LogP contribution in [0, 0.1) is 41.5 Å². The predicted molar refractivity (Wildman–Crippen MR) is 351 cm³/mol. The minimum absolute atomic E-state index is 0.0752. The number of morpholine rings is 1. The molecule has 1 aliphatic carbocycles. The van der Waals surface area contributed by atoms with Crippen molar-refractivity contribution in [1.82, 2.24) is 4.90 Å². The van der Waals surface area contributed by atoms with Gasteiger partial charge in [-0.05, 0) is 146 Å². The van der Waals surface area contributed by atoms with Gasteiger partial charge in [-0.15, -0.1) is 0 Å². The molecule has 10 rings (SSSR count). The van der Waals surface area contributed by atoms with Gasteiger partial charge in [-0.1, -0.05) is 201 Å². The van der Waals surface area contributed by atoms with E-state index in [2.05, 4.69) is 41.0 Å². The standard InChI is InChI=1S/C26H28O3P.C23H30N2O2.C13H16O2.C13H10O/c1-16-12-18(3)23(19(4)13-16)25(27)30(29,22-10-8-7-9-11-22)26(28)24-20(5)14-17(2)15-21(24)6;1-4-23(24(2)3,18-19-8-6-5-7-9-19)22(26)20-10-12-21(13-11-20)25-14-16-27-17-15-25;14-12(11-7-3-1-4-8-11)13(15)9-5-2-6-10-13;14-13(11-7-3-1-4-8-11)12-9-5-2-6-10-12/h7-15,29H,1-6H3;5-13H,4,14-18H2,1-3H3;1,3-4,7-8,15H,2,5-6,9-10H2;1-10H/q+1;;;. The van der Waals surface area contributed by atoms with Gasteiger partial charge in [0.05, 0.1) is 29.9 Å². The second kappa shape index (κ2) is 30.5. The topological polar surface area (TPSA) is 142 Å². The van der Waals surface area contributed by atoms with E-state index >= 15 is 0 Å². The maximum atomic E-state index is 13.9. The van der Waals surface area contributed by atoms with E-state index in [1.54, 1.807) is 36.4 Å². The molecule has 1 unspecified atom stereocenters. The average Bonchev–Trinajstić information content (AvgIpc) is 1.13. The highest BCUT2D eigenvalue weighted by atomic mass is 31.2. The number of aryl methyl sites for hydroxylation is 6. The molecule has 0 spiro atoms. The molecular formula is C75H84N2O8P+. The second-order valence-corrected chi connectivity index (χ2v) is 25.5. The zero-order valence-electron chi connectivity index (χ0n) is 51.5. The third kappa shape index (κ3) is 16.0. The average molecular weight is 1170 g/mol. The van der Waals surface area contributed by atoms with Gasteiger partial charge in [0.15, 0.2) is 17.3 Å². The Morgan fingerprint density at radius 2 is 0.930 bits per heavy atom. The zero-order valence-corrected chi connectivity index (χ0v) is 52.4. The largest absolute Gasteiger partial charge is 0.382 e. The fourth-order valence-corrected chi connectivity index (χ4v) is 14.4. The van der Waals surface area contributed by atoms with Gasteiger partial charge in [-0.3, -0.25) is 19.3 Å². The fourth-order valence-electron chi connectivity index (χ4n) is 11.8. The molecule has 11 heteroatoms. The Bertz CT molecular complexity index is 3390. The van der Waals surface area contributed by atoms with E-state index in [1.807, 2.05) is 195 Å². The monoisotopic (exact) mass is 1170 g/mol. The van der Waals surface area contributed by atoms with Crippen molar-refractivity contribution in [1.29, 1.82) is 0 Å². The second-order valence-electron chi connectivity index (χ2n) is 22.9. The van der Waals surface area contributed by atoms with Crippen molar-refractivity contribution in [3.63, 3.8) is 0 Å². The van der Waals surface area contributed by atoms with E-state index < -0.39 is 29.7 Å². The first kappa shape index (κ1) is 65.7. The first-order chi connectivity index (χ1) is 41.2. The summed E-state index contributed by atoms with van der Waals surface area (Å²) in [6.45, 7) is 16.8. The Morgan fingerprint density at radius 3 is 1.34 bits per heavy atom. The molecule has 0 bridgehead atoms. The maximum absolute atomic E-state index is 13.9. The van der Waals surface area contributed by atoms with Crippen molar-refractivity contribution in [2.45, 2.75) is 105 Å². The highest BCUT2D eigenvalue weighted by Gasteiger charge is 2.58. The zero-order chi connectivity index (χ0) is 62.0. The van der Waals surface area contributed by atoms with Crippen molar-refractivity contribution in [2.75, 3.05) is 45.3 Å². The molecule has 0 amide bonds. The molecule has 1 saturated carbocycles. The van der Waals surface area contributed by atoms with Crippen molar-refractivity contribution in [3.05, 3.63) is 273 Å². The molecule has 0 aromatic heterocycles. The summed E-state index contributed by atoms with van der Waals surface area (Å²) in [6, 6.07) is 62.4. The highest BCUT2D eigenvalue weighted by Crippen LogP contribution is 2.60. The summed E-state index contributed by atoms with van der Waals surface area (Å²) in [6.07, 6.45) is 5.73. The molecular weight excluding hydrogens is 1090 g/mol. The van der Waals surface area contributed by atoms with Gasteiger partial charge >= 0.3 is 18.5 Å². The van der Waals surface area contributed by atoms with Gasteiger partial charge in [-0.25, -0.2) is 14.5 Å². The number of likely N-dealkylation sites (N-methyl/N-ethyl adjacent to an activating group) is 1. The highest BCUT2D eigenvalue weighted by molar-refractivity contribution is 8.06. The lowest BCUT2D eigenvalue weighted by molar-refractivity contribution is 0.0116. The number of hydrogen-bond donors (Lipinski definition) is 2. The van der Waals surface area contributed by atoms with Gasteiger partial charge in [-0.2, -0.15) is 0 Å². The SMILES string of the molecule is CCC(Cc1ccccc1)(C(=O)c1ccc(N2CCOCC2)cc1)N(C)C.Cc1cc(C)c(C(=O)[P+](O)(C(=O)c2c(C)cc(C)cc2C)c2ccccc2)c(C)c1.O=C(c1ccccc1)C1(O)CCCCC1.O=C(c1ccccc1)c1ccccc1. The quantitative estimate of drug-likeness (QED) is 0.0709. The van der Waals surface area contributed by atoms with Crippen LogP contribution in [-0.2, 0) is 11.2 Å². The van der Waals surface area contributed by atoms with Gasteiger partial charge < -0.3 is 14.7 Å². The Kier molecular flexibility index (Phi) is 23.3. The van der Waals surface area contributed by atoms with Gasteiger partial charge in [0, 0.05) is 41.0 Å². The molecule has 8 aromatic rings. The third-order valence-electron chi connectivity index (χ3n) is 16.4. The van der Waals surface area contributed by atoms with E-state index in [0.717, 1.165) is 108 Å². The summed E-state index contributed by atoms with van der Waals surface area (Å²) < 4.78 is 5.42. The lowest BCUT2D eigenvalue weighted by atomic mass is 9.79. The Hall–Kier alpha value is -7.82. The molecule has 86 heavy (non-hydrogen) atoms. The Balaban J connectivity index is 0.000000172. The van der Waals surface area contributed by atoms with Crippen LogP contribution < -0.4 is 10.2 Å². The van der Waals surface area contributed by atoms with Gasteiger partial charge in [0.2, 0.25) is 0 Å². The molecule has 1 atom stereocenters. The third-order valence-corrected chi connectivity index (χ3v) is 19.1. The molecule has 1 aliphatic heterocycles. The summed E-state index contributed by atoms with van der Waals surface area (Å²) >= 11 is 0. The van der Waals surface area contributed by atoms with Crippen molar-refractivity contribution in [3.8, 4) is 0 Å². The van der Waals surface area contributed by atoms with E-state index in [-0.39, 0.29) is 17.3 Å². The number of ketones is 3. The number of nitrogens with zero attached hydrogens (tertiary/aromatic N) is 2. The van der Waals surface area contributed by atoms with E-state index in [9.17, 15) is 34.0 Å². The molecule has 1 saturated heterocycles. The van der Waals surface area contributed by atoms with Crippen molar-refractivity contribution >= 4 is 46.9 Å². The summed E-state index contributed by atoms with van der Waals surface area (Å²) in [7, 11) is 0.149. The van der Waals surface area contributed by atoms with E-state index in [4.69, 9.17) is 4.74 Å². The van der Waals surface area contributed by atoms with E-state index in [0.29, 0.717) is 41.3 Å². The van der Waals surface area contributed by atoms with Crippen LogP contribution in [0.15, 0.2) is 200 Å². The Morgan fingerprint density at radius 1 is 0.535 bits per heavy atom. The summed E-state index contributed by atoms with van der Waals surface area (Å²) in [5.41, 5.74) is 8.69. The number of aliphatic hydroxyl groups is 1. The van der Waals surface area contributed by atoms with Gasteiger partial charge in [0.1, 0.15) is 10.9 Å². The van der Waals surface area contributed by atoms with Crippen LogP contribution in [0.5, 0.6) is 0 Å². The van der Waals surface area contributed by atoms with Gasteiger partial charge in [0.25, 0.3) is 0 Å². The number of carbonyl (C=O) groups is 5. The lowest BCUT2D eigenvalue weighted by Gasteiger charge is -2.38. The number of anilines is 1. The molecule has 0 radical (unpaired) electrons. The van der Waals surface area contributed by atoms with Crippen LogP contribution >= 0.6 is 7.49 Å². The normalized spacial score (nSPS) is 14.3. The number of benzene rings is 8. The smallest absolute Gasteiger partial charge is 0.341 e. The summed E-state index contributed by atoms with van der Waals surface area (Å²) in [5, 5.41) is 10.6. The van der Waals surface area contributed by atoms with Crippen LogP contribution in [0.1, 0.15) is 142 Å². The number of rotatable bonds is 16. The molecule has 1 heterocycles. The molecule has 8 aromatic carbocycles. The van der Waals surface area contributed by atoms with Crippen LogP contribution in [0.25, 0.3) is 0 Å². The lowest BCUT2D eigenvalue weighted by Crippen LogP contribution is -2.52. The fraction of sp³-hybridized carbons (Fsp3) is 0.293. The first-order valence-corrected chi connectivity index (χ1v) is 31.6. The number of Topliss-reactive ketones (excluding diaryl/α,β-unsaturated/α-hetero) is 2. The number of carbonyl (C=O) groups excluding carboxylic acids is 5. The molecule has 10 nitrogen and oxygen atoms in total. The van der Waals surface area contributed by atoms with Crippen LogP contribution in [0.4, 0.5) is 5.69 Å². The number of ether oxygens (including phenoxy) is 1. The minimum atomic E-state index is -3.86. The van der Waals surface area contributed by atoms with Crippen LogP contribution in [0.3, 0.4) is 0 Å². The van der Waals surface area contributed by atoms with E-state index in [1.165, 1.54) is 5.56 Å². The van der Waals surface area contributed by atoms with Crippen LogP contribution in [0.2, 0.25) is 0 Å². The van der Waals surface area contributed by atoms with Crippen molar-refractivity contribution < 1.29 is 38.7 Å². The summed E-state index contributed by atoms with van der Waals surface area (Å²) in [5.74, 6) is 0.154. The predicted octanol–water partition coefficient (Wildman–Crippen LogP) is 14.9.